The number of hydrogen-bond donors (Lipinski definition) is 1. The van der Waals surface area contributed by atoms with E-state index >= 15 is 0 Å². The molecule has 1 amide bonds. The zero-order valence-corrected chi connectivity index (χ0v) is 10.6. The lowest BCUT2D eigenvalue weighted by Gasteiger charge is -2.07. The number of amides is 1. The van der Waals surface area contributed by atoms with Crippen LogP contribution >= 0.6 is 0 Å². The maximum atomic E-state index is 11.8. The average Bonchev–Trinajstić information content (AvgIpc) is 2.41. The number of nitrogens with one attached hydrogen (secondary N) is 1. The summed E-state index contributed by atoms with van der Waals surface area (Å²) in [6.07, 6.45) is -4.89. The van der Waals surface area contributed by atoms with Crippen molar-refractivity contribution in [2.75, 3.05) is 20.3 Å². The highest BCUT2D eigenvalue weighted by molar-refractivity contribution is 5.81. The van der Waals surface area contributed by atoms with Crippen molar-refractivity contribution in [3.63, 3.8) is 0 Å². The first-order chi connectivity index (χ1) is 9.45. The molecular formula is C13H12F3NO3. The van der Waals surface area contributed by atoms with Crippen LogP contribution in [-0.4, -0.2) is 32.3 Å². The van der Waals surface area contributed by atoms with Gasteiger partial charge in [-0.2, -0.15) is 13.2 Å². The summed E-state index contributed by atoms with van der Waals surface area (Å²) in [6, 6.07) is 6.89. The standard InChI is InChI=1S/C13H12F3NO3/c1-19-10-6-2-3-7-11(10)20-9-5-4-8-17-12(18)13(14,15)16/h2-3,6-7H,8-9H2,1H3,(H,17,18). The highest BCUT2D eigenvalue weighted by Crippen LogP contribution is 2.25. The Bertz CT molecular complexity index is 518. The molecule has 0 spiro atoms. The molecule has 108 valence electrons. The monoisotopic (exact) mass is 287 g/mol. The summed E-state index contributed by atoms with van der Waals surface area (Å²) in [7, 11) is 1.49. The average molecular weight is 287 g/mol. The fourth-order valence-electron chi connectivity index (χ4n) is 1.19. The van der Waals surface area contributed by atoms with Crippen LogP contribution in [0.1, 0.15) is 0 Å². The van der Waals surface area contributed by atoms with Crippen molar-refractivity contribution in [2.24, 2.45) is 0 Å². The van der Waals surface area contributed by atoms with Crippen molar-refractivity contribution in [3.05, 3.63) is 24.3 Å². The van der Waals surface area contributed by atoms with Gasteiger partial charge in [0.15, 0.2) is 11.5 Å². The predicted octanol–water partition coefficient (Wildman–Crippen LogP) is 1.76. The van der Waals surface area contributed by atoms with Crippen LogP contribution < -0.4 is 14.8 Å². The van der Waals surface area contributed by atoms with Crippen molar-refractivity contribution >= 4 is 5.91 Å². The minimum atomic E-state index is -4.89. The number of benzene rings is 1. The SMILES string of the molecule is COc1ccccc1OCC#CCNC(=O)C(F)(F)F. The fraction of sp³-hybridized carbons (Fsp3) is 0.308. The summed E-state index contributed by atoms with van der Waals surface area (Å²) in [5, 5.41) is 1.63. The van der Waals surface area contributed by atoms with E-state index < -0.39 is 18.6 Å². The number of halogens is 3. The molecule has 0 heterocycles. The van der Waals surface area contributed by atoms with E-state index in [4.69, 9.17) is 9.47 Å². The normalized spacial score (nSPS) is 10.2. The summed E-state index contributed by atoms with van der Waals surface area (Å²) in [5.74, 6) is 3.82. The Kier molecular flexibility index (Phi) is 5.72. The first-order valence-electron chi connectivity index (χ1n) is 5.51. The van der Waals surface area contributed by atoms with E-state index in [0.29, 0.717) is 11.5 Å². The summed E-state index contributed by atoms with van der Waals surface area (Å²) in [6.45, 7) is -0.421. The molecule has 1 rings (SSSR count). The van der Waals surface area contributed by atoms with Gasteiger partial charge in [-0.15, -0.1) is 0 Å². The quantitative estimate of drug-likeness (QED) is 0.858. The number of ether oxygens (including phenoxy) is 2. The molecule has 0 aromatic heterocycles. The lowest BCUT2D eigenvalue weighted by molar-refractivity contribution is -0.173. The maximum Gasteiger partial charge on any atom is 0.471 e. The third-order valence-corrected chi connectivity index (χ3v) is 2.09. The van der Waals surface area contributed by atoms with Crippen LogP contribution in [-0.2, 0) is 4.79 Å². The highest BCUT2D eigenvalue weighted by Gasteiger charge is 2.38. The Morgan fingerprint density at radius 2 is 1.90 bits per heavy atom. The van der Waals surface area contributed by atoms with Gasteiger partial charge < -0.3 is 14.8 Å². The zero-order valence-electron chi connectivity index (χ0n) is 10.6. The number of rotatable bonds is 4. The summed E-state index contributed by atoms with van der Waals surface area (Å²) in [5.41, 5.74) is 0. The second kappa shape index (κ2) is 7.28. The maximum absolute atomic E-state index is 11.8. The Balaban J connectivity index is 2.35. The Morgan fingerprint density at radius 1 is 1.25 bits per heavy atom. The van der Waals surface area contributed by atoms with E-state index in [1.165, 1.54) is 7.11 Å². The van der Waals surface area contributed by atoms with Gasteiger partial charge in [0.05, 0.1) is 13.7 Å². The van der Waals surface area contributed by atoms with Gasteiger partial charge in [-0.1, -0.05) is 24.0 Å². The number of para-hydroxylation sites is 2. The molecule has 0 aliphatic carbocycles. The smallest absolute Gasteiger partial charge is 0.471 e. The Morgan fingerprint density at radius 3 is 2.50 bits per heavy atom. The molecule has 0 unspecified atom stereocenters. The summed E-state index contributed by atoms with van der Waals surface area (Å²) < 4.78 is 45.8. The van der Waals surface area contributed by atoms with Crippen molar-refractivity contribution in [2.45, 2.75) is 6.18 Å². The number of carbonyl (C=O) groups is 1. The molecule has 7 heteroatoms. The second-order valence-corrected chi connectivity index (χ2v) is 3.47. The predicted molar refractivity (Wildman–Crippen MR) is 65.3 cm³/mol. The molecule has 0 aliphatic heterocycles. The molecule has 1 N–H and O–H groups in total. The van der Waals surface area contributed by atoms with Gasteiger partial charge in [0, 0.05) is 0 Å². The molecular weight excluding hydrogens is 275 g/mol. The topological polar surface area (TPSA) is 47.6 Å². The molecule has 1 aromatic rings. The lowest BCUT2D eigenvalue weighted by Crippen LogP contribution is -2.36. The van der Waals surface area contributed by atoms with E-state index in [2.05, 4.69) is 11.8 Å². The van der Waals surface area contributed by atoms with E-state index in [1.807, 2.05) is 0 Å². The van der Waals surface area contributed by atoms with E-state index in [-0.39, 0.29) is 6.61 Å². The Hall–Kier alpha value is -2.36. The third kappa shape index (κ3) is 5.10. The summed E-state index contributed by atoms with van der Waals surface area (Å²) in [4.78, 5) is 10.5. The van der Waals surface area contributed by atoms with E-state index in [9.17, 15) is 18.0 Å². The van der Waals surface area contributed by atoms with Crippen LogP contribution in [0.15, 0.2) is 24.3 Å². The van der Waals surface area contributed by atoms with Crippen molar-refractivity contribution < 1.29 is 27.4 Å². The van der Waals surface area contributed by atoms with Crippen LogP contribution in [0, 0.1) is 11.8 Å². The van der Waals surface area contributed by atoms with Gasteiger partial charge in [-0.05, 0) is 12.1 Å². The third-order valence-electron chi connectivity index (χ3n) is 2.09. The van der Waals surface area contributed by atoms with Crippen molar-refractivity contribution in [1.82, 2.24) is 5.32 Å². The van der Waals surface area contributed by atoms with Crippen LogP contribution in [0.5, 0.6) is 11.5 Å². The van der Waals surface area contributed by atoms with Gasteiger partial charge in [-0.25, -0.2) is 0 Å². The molecule has 20 heavy (non-hydrogen) atoms. The van der Waals surface area contributed by atoms with Crippen LogP contribution in [0.3, 0.4) is 0 Å². The van der Waals surface area contributed by atoms with Crippen LogP contribution in [0.2, 0.25) is 0 Å². The van der Waals surface area contributed by atoms with Gasteiger partial charge in [-0.3, -0.25) is 4.79 Å². The molecule has 0 fully saturated rings. The Labute approximate surface area is 113 Å². The zero-order chi connectivity index (χ0) is 15.0. The van der Waals surface area contributed by atoms with Crippen LogP contribution in [0.25, 0.3) is 0 Å². The van der Waals surface area contributed by atoms with Gasteiger partial charge >= 0.3 is 12.1 Å². The lowest BCUT2D eigenvalue weighted by atomic mass is 10.3. The van der Waals surface area contributed by atoms with Crippen molar-refractivity contribution in [1.29, 1.82) is 0 Å². The number of hydrogen-bond acceptors (Lipinski definition) is 3. The van der Waals surface area contributed by atoms with Crippen LogP contribution in [0.4, 0.5) is 13.2 Å². The molecule has 1 aromatic carbocycles. The molecule has 0 aliphatic rings. The molecule has 4 nitrogen and oxygen atoms in total. The van der Waals surface area contributed by atoms with E-state index in [1.54, 1.807) is 29.6 Å². The highest BCUT2D eigenvalue weighted by atomic mass is 19.4. The molecule has 0 atom stereocenters. The second-order valence-electron chi connectivity index (χ2n) is 3.47. The fourth-order valence-corrected chi connectivity index (χ4v) is 1.19. The first kappa shape index (κ1) is 15.7. The minimum Gasteiger partial charge on any atom is -0.493 e. The number of alkyl halides is 3. The summed E-state index contributed by atoms with van der Waals surface area (Å²) >= 11 is 0. The number of carbonyl (C=O) groups excluding carboxylic acids is 1. The molecule has 0 saturated carbocycles. The number of methoxy groups -OCH3 is 1. The molecule has 0 saturated heterocycles. The first-order valence-corrected chi connectivity index (χ1v) is 5.51. The van der Waals surface area contributed by atoms with Crippen molar-refractivity contribution in [3.8, 4) is 23.3 Å². The van der Waals surface area contributed by atoms with E-state index in [0.717, 1.165) is 0 Å². The van der Waals surface area contributed by atoms with Gasteiger partial charge in [0.1, 0.15) is 6.61 Å². The minimum absolute atomic E-state index is 0.0255. The molecule has 0 radical (unpaired) electrons. The van der Waals surface area contributed by atoms with Gasteiger partial charge in [0.25, 0.3) is 0 Å². The molecule has 0 bridgehead atoms. The van der Waals surface area contributed by atoms with Gasteiger partial charge in [0.2, 0.25) is 0 Å². The largest absolute Gasteiger partial charge is 0.493 e.